The summed E-state index contributed by atoms with van der Waals surface area (Å²) < 4.78 is 5.62. The van der Waals surface area contributed by atoms with Gasteiger partial charge in [0, 0.05) is 5.92 Å². The van der Waals surface area contributed by atoms with Crippen LogP contribution < -0.4 is 0 Å². The Morgan fingerprint density at radius 2 is 1.94 bits per heavy atom. The Balaban J connectivity index is 2.38. The van der Waals surface area contributed by atoms with Crippen LogP contribution in [0.5, 0.6) is 0 Å². The summed E-state index contributed by atoms with van der Waals surface area (Å²) in [6.07, 6.45) is 6.58. The normalized spacial score (nSPS) is 42.1. The number of esters is 1. The summed E-state index contributed by atoms with van der Waals surface area (Å²) >= 11 is 0. The maximum atomic E-state index is 12.1. The molecule has 0 aromatic heterocycles. The molecule has 3 unspecified atom stereocenters. The van der Waals surface area contributed by atoms with E-state index in [1.165, 1.54) is 19.3 Å². The number of carbonyl (C=O) groups excluding carboxylic acids is 1. The standard InChI is InChI=1S/C14H22O2/c1-5-14(4)12(15)16-11-9-7-6-8-10(11)13(14,2)3/h5,10-11H,1,6-9H2,2-4H3. The maximum Gasteiger partial charge on any atom is 0.316 e. The summed E-state index contributed by atoms with van der Waals surface area (Å²) in [6, 6.07) is 0. The SMILES string of the molecule is C=CC1(C)C(=O)OC2CCCCC2C1(C)C. The van der Waals surface area contributed by atoms with E-state index in [-0.39, 0.29) is 17.5 Å². The molecule has 0 amide bonds. The summed E-state index contributed by atoms with van der Waals surface area (Å²) in [4.78, 5) is 12.1. The molecule has 0 spiro atoms. The molecular formula is C14H22O2. The van der Waals surface area contributed by atoms with Gasteiger partial charge >= 0.3 is 5.97 Å². The second-order valence-corrected chi connectivity index (χ2v) is 5.96. The van der Waals surface area contributed by atoms with Crippen molar-refractivity contribution in [1.29, 1.82) is 0 Å². The zero-order valence-corrected chi connectivity index (χ0v) is 10.6. The van der Waals surface area contributed by atoms with Crippen molar-refractivity contribution in [2.75, 3.05) is 0 Å². The second-order valence-electron chi connectivity index (χ2n) is 5.96. The molecule has 90 valence electrons. The number of hydrogen-bond donors (Lipinski definition) is 0. The topological polar surface area (TPSA) is 26.3 Å². The van der Waals surface area contributed by atoms with Gasteiger partial charge in [0.1, 0.15) is 6.10 Å². The molecule has 0 radical (unpaired) electrons. The van der Waals surface area contributed by atoms with E-state index in [0.29, 0.717) is 5.92 Å². The van der Waals surface area contributed by atoms with E-state index in [4.69, 9.17) is 4.74 Å². The van der Waals surface area contributed by atoms with Crippen LogP contribution in [0.15, 0.2) is 12.7 Å². The number of hydrogen-bond acceptors (Lipinski definition) is 2. The number of fused-ring (bicyclic) bond motifs is 1. The first kappa shape index (κ1) is 11.7. The molecule has 2 fully saturated rings. The summed E-state index contributed by atoms with van der Waals surface area (Å²) in [5.74, 6) is 0.401. The Hall–Kier alpha value is -0.790. The van der Waals surface area contributed by atoms with Gasteiger partial charge in [-0.25, -0.2) is 0 Å². The van der Waals surface area contributed by atoms with Crippen LogP contribution in [0.25, 0.3) is 0 Å². The van der Waals surface area contributed by atoms with Crippen LogP contribution in [0.3, 0.4) is 0 Å². The fourth-order valence-corrected chi connectivity index (χ4v) is 3.32. The average molecular weight is 222 g/mol. The molecule has 1 saturated heterocycles. The van der Waals surface area contributed by atoms with E-state index in [2.05, 4.69) is 20.4 Å². The molecule has 2 heteroatoms. The molecule has 1 aliphatic carbocycles. The summed E-state index contributed by atoms with van der Waals surface area (Å²) in [6.45, 7) is 10.2. The van der Waals surface area contributed by atoms with Crippen LogP contribution in [-0.4, -0.2) is 12.1 Å². The number of rotatable bonds is 1. The third-order valence-electron chi connectivity index (χ3n) is 5.06. The molecule has 1 saturated carbocycles. The molecule has 3 atom stereocenters. The van der Waals surface area contributed by atoms with E-state index in [1.807, 2.05) is 6.92 Å². The minimum atomic E-state index is -0.536. The highest BCUT2D eigenvalue weighted by Crippen LogP contribution is 2.55. The van der Waals surface area contributed by atoms with Crippen molar-refractivity contribution in [1.82, 2.24) is 0 Å². The Morgan fingerprint density at radius 1 is 1.31 bits per heavy atom. The lowest BCUT2D eigenvalue weighted by Crippen LogP contribution is -2.56. The molecule has 2 aliphatic rings. The van der Waals surface area contributed by atoms with Gasteiger partial charge in [0.25, 0.3) is 0 Å². The molecular weight excluding hydrogens is 200 g/mol. The van der Waals surface area contributed by atoms with Crippen molar-refractivity contribution < 1.29 is 9.53 Å². The number of ether oxygens (including phenoxy) is 1. The molecule has 0 aromatic rings. The molecule has 2 nitrogen and oxygen atoms in total. The molecule has 16 heavy (non-hydrogen) atoms. The lowest BCUT2D eigenvalue weighted by atomic mass is 9.55. The molecule has 0 aromatic carbocycles. The van der Waals surface area contributed by atoms with Gasteiger partial charge in [0.2, 0.25) is 0 Å². The van der Waals surface area contributed by atoms with Gasteiger partial charge in [-0.2, -0.15) is 0 Å². The van der Waals surface area contributed by atoms with Gasteiger partial charge in [-0.1, -0.05) is 26.3 Å². The number of carbonyl (C=O) groups is 1. The third-order valence-corrected chi connectivity index (χ3v) is 5.06. The highest BCUT2D eigenvalue weighted by atomic mass is 16.5. The summed E-state index contributed by atoms with van der Waals surface area (Å²) in [7, 11) is 0. The Kier molecular flexibility index (Phi) is 2.64. The first-order valence-corrected chi connectivity index (χ1v) is 6.28. The van der Waals surface area contributed by atoms with E-state index in [9.17, 15) is 4.79 Å². The van der Waals surface area contributed by atoms with E-state index in [0.717, 1.165) is 6.42 Å². The minimum absolute atomic E-state index is 0.0465. The van der Waals surface area contributed by atoms with Crippen LogP contribution in [0.2, 0.25) is 0 Å². The van der Waals surface area contributed by atoms with Crippen LogP contribution in [0.1, 0.15) is 46.5 Å². The van der Waals surface area contributed by atoms with Gasteiger partial charge in [-0.15, -0.1) is 6.58 Å². The van der Waals surface area contributed by atoms with Crippen LogP contribution in [0, 0.1) is 16.7 Å². The maximum absolute atomic E-state index is 12.1. The van der Waals surface area contributed by atoms with Crippen molar-refractivity contribution in [3.63, 3.8) is 0 Å². The van der Waals surface area contributed by atoms with Crippen molar-refractivity contribution in [2.24, 2.45) is 16.7 Å². The van der Waals surface area contributed by atoms with Crippen molar-refractivity contribution in [3.05, 3.63) is 12.7 Å². The van der Waals surface area contributed by atoms with Crippen LogP contribution in [-0.2, 0) is 9.53 Å². The largest absolute Gasteiger partial charge is 0.461 e. The van der Waals surface area contributed by atoms with Gasteiger partial charge < -0.3 is 4.74 Å². The van der Waals surface area contributed by atoms with Gasteiger partial charge in [0.05, 0.1) is 5.41 Å². The van der Waals surface area contributed by atoms with Gasteiger partial charge in [0.15, 0.2) is 0 Å². The quantitative estimate of drug-likeness (QED) is 0.502. The lowest BCUT2D eigenvalue weighted by molar-refractivity contribution is -0.195. The Labute approximate surface area is 98.1 Å². The summed E-state index contributed by atoms with van der Waals surface area (Å²) in [5.41, 5.74) is -0.583. The van der Waals surface area contributed by atoms with E-state index in [1.54, 1.807) is 6.08 Å². The van der Waals surface area contributed by atoms with Gasteiger partial charge in [-0.05, 0) is 31.6 Å². The molecule has 1 aliphatic heterocycles. The zero-order valence-electron chi connectivity index (χ0n) is 10.6. The van der Waals surface area contributed by atoms with Gasteiger partial charge in [-0.3, -0.25) is 4.79 Å². The average Bonchev–Trinajstić information content (AvgIpc) is 2.26. The first-order chi connectivity index (χ1) is 7.43. The smallest absolute Gasteiger partial charge is 0.316 e. The highest BCUT2D eigenvalue weighted by Gasteiger charge is 2.57. The first-order valence-electron chi connectivity index (χ1n) is 6.28. The summed E-state index contributed by atoms with van der Waals surface area (Å²) in [5, 5.41) is 0. The second kappa shape index (κ2) is 3.61. The highest BCUT2D eigenvalue weighted by molar-refractivity contribution is 5.80. The molecule has 2 rings (SSSR count). The van der Waals surface area contributed by atoms with Crippen molar-refractivity contribution in [2.45, 2.75) is 52.6 Å². The Bertz CT molecular complexity index is 319. The molecule has 0 bridgehead atoms. The van der Waals surface area contributed by atoms with Crippen LogP contribution in [0.4, 0.5) is 0 Å². The van der Waals surface area contributed by atoms with Crippen LogP contribution >= 0.6 is 0 Å². The fourth-order valence-electron chi connectivity index (χ4n) is 3.32. The third kappa shape index (κ3) is 1.35. The zero-order chi connectivity index (χ0) is 12.0. The Morgan fingerprint density at radius 3 is 2.56 bits per heavy atom. The van der Waals surface area contributed by atoms with E-state index < -0.39 is 5.41 Å². The monoisotopic (exact) mass is 222 g/mol. The predicted octanol–water partition coefficient (Wildman–Crippen LogP) is 3.32. The van der Waals surface area contributed by atoms with Crippen molar-refractivity contribution >= 4 is 5.97 Å². The lowest BCUT2D eigenvalue weighted by Gasteiger charge is -2.54. The molecule has 0 N–H and O–H groups in total. The predicted molar refractivity (Wildman–Crippen MR) is 63.9 cm³/mol. The van der Waals surface area contributed by atoms with Crippen molar-refractivity contribution in [3.8, 4) is 0 Å². The minimum Gasteiger partial charge on any atom is -0.461 e. The van der Waals surface area contributed by atoms with E-state index >= 15 is 0 Å². The molecule has 1 heterocycles. The fraction of sp³-hybridized carbons (Fsp3) is 0.786.